The Morgan fingerprint density at radius 1 is 1.06 bits per heavy atom. The number of nitrogens with one attached hydrogen (secondary N) is 1. The zero-order valence-electron chi connectivity index (χ0n) is 19.2. The Morgan fingerprint density at radius 3 is 2.39 bits per heavy atom. The Kier molecular flexibility index (Phi) is 9.38. The van der Waals surface area contributed by atoms with E-state index in [0.717, 1.165) is 28.9 Å². The summed E-state index contributed by atoms with van der Waals surface area (Å²) in [6.07, 6.45) is 1.35. The van der Waals surface area contributed by atoms with Crippen LogP contribution in [0, 0.1) is 13.8 Å². The van der Waals surface area contributed by atoms with Crippen LogP contribution in [-0.2, 0) is 16.1 Å². The van der Waals surface area contributed by atoms with Crippen molar-refractivity contribution in [1.82, 2.24) is 10.2 Å². The van der Waals surface area contributed by atoms with Crippen LogP contribution in [0.1, 0.15) is 43.4 Å². The first-order chi connectivity index (χ1) is 14.9. The van der Waals surface area contributed by atoms with E-state index in [1.54, 1.807) is 12.0 Å². The molecule has 0 spiro atoms. The van der Waals surface area contributed by atoms with Gasteiger partial charge in [0.25, 0.3) is 5.91 Å². The minimum atomic E-state index is -0.566. The van der Waals surface area contributed by atoms with Crippen molar-refractivity contribution < 1.29 is 19.1 Å². The molecular weight excluding hydrogens is 392 g/mol. The highest BCUT2D eigenvalue weighted by atomic mass is 16.5. The molecule has 0 saturated heterocycles. The van der Waals surface area contributed by atoms with Crippen molar-refractivity contribution in [1.29, 1.82) is 0 Å². The Morgan fingerprint density at radius 2 is 1.77 bits per heavy atom. The monoisotopic (exact) mass is 426 g/mol. The van der Waals surface area contributed by atoms with E-state index < -0.39 is 6.04 Å². The molecule has 6 nitrogen and oxygen atoms in total. The topological polar surface area (TPSA) is 67.9 Å². The summed E-state index contributed by atoms with van der Waals surface area (Å²) in [5, 5.41) is 2.92. The van der Waals surface area contributed by atoms with E-state index in [1.807, 2.05) is 70.2 Å². The van der Waals surface area contributed by atoms with Gasteiger partial charge in [-0.1, -0.05) is 38.1 Å². The fourth-order valence-corrected chi connectivity index (χ4v) is 3.32. The van der Waals surface area contributed by atoms with Crippen molar-refractivity contribution in [3.63, 3.8) is 0 Å². The number of aryl methyl sites for hydroxylation is 1. The van der Waals surface area contributed by atoms with Gasteiger partial charge in [-0.05, 0) is 61.6 Å². The summed E-state index contributed by atoms with van der Waals surface area (Å²) in [5.74, 6) is 1.06. The molecule has 0 aromatic heterocycles. The highest BCUT2D eigenvalue weighted by Crippen LogP contribution is 2.21. The molecule has 1 atom stereocenters. The highest BCUT2D eigenvalue weighted by Gasteiger charge is 2.28. The molecule has 0 bridgehead atoms. The number of hydrogen-bond donors (Lipinski definition) is 1. The molecule has 2 rings (SSSR count). The molecule has 0 radical (unpaired) electrons. The first-order valence-corrected chi connectivity index (χ1v) is 10.8. The van der Waals surface area contributed by atoms with Crippen molar-refractivity contribution in [2.24, 2.45) is 0 Å². The number of rotatable bonds is 11. The maximum atomic E-state index is 13.2. The summed E-state index contributed by atoms with van der Waals surface area (Å²) >= 11 is 0. The Labute approximate surface area is 185 Å². The van der Waals surface area contributed by atoms with Gasteiger partial charge in [-0.15, -0.1) is 0 Å². The SMILES string of the molecule is CCCNC(=O)C(CC)N(Cc1ccc(OC)cc1)C(=O)COc1cccc(C)c1C. The van der Waals surface area contributed by atoms with Gasteiger partial charge in [0.15, 0.2) is 6.61 Å². The van der Waals surface area contributed by atoms with Crippen LogP contribution in [0.3, 0.4) is 0 Å². The second kappa shape index (κ2) is 12.0. The van der Waals surface area contributed by atoms with Crippen LogP contribution in [0.4, 0.5) is 0 Å². The summed E-state index contributed by atoms with van der Waals surface area (Å²) in [4.78, 5) is 27.6. The lowest BCUT2D eigenvalue weighted by Crippen LogP contribution is -2.50. The molecule has 168 valence electrons. The maximum Gasteiger partial charge on any atom is 0.261 e. The fourth-order valence-electron chi connectivity index (χ4n) is 3.32. The smallest absolute Gasteiger partial charge is 0.261 e. The molecular formula is C25H34N2O4. The fraction of sp³-hybridized carbons (Fsp3) is 0.440. The zero-order chi connectivity index (χ0) is 22.8. The Bertz CT molecular complexity index is 864. The predicted octanol–water partition coefficient (Wildman–Crippen LogP) is 4.02. The maximum absolute atomic E-state index is 13.2. The molecule has 0 heterocycles. The number of carbonyl (C=O) groups is 2. The normalized spacial score (nSPS) is 11.5. The summed E-state index contributed by atoms with van der Waals surface area (Å²) in [7, 11) is 1.61. The number of benzene rings is 2. The number of hydrogen-bond acceptors (Lipinski definition) is 4. The lowest BCUT2D eigenvalue weighted by Gasteiger charge is -2.30. The van der Waals surface area contributed by atoms with Gasteiger partial charge in [-0.25, -0.2) is 0 Å². The van der Waals surface area contributed by atoms with Crippen molar-refractivity contribution >= 4 is 11.8 Å². The number of ether oxygens (including phenoxy) is 2. The summed E-state index contributed by atoms with van der Waals surface area (Å²) < 4.78 is 11.1. The molecule has 2 aromatic carbocycles. The molecule has 6 heteroatoms. The molecule has 31 heavy (non-hydrogen) atoms. The van der Waals surface area contributed by atoms with Crippen LogP contribution < -0.4 is 14.8 Å². The second-order valence-electron chi connectivity index (χ2n) is 7.57. The van der Waals surface area contributed by atoms with Crippen LogP contribution in [0.15, 0.2) is 42.5 Å². The third-order valence-corrected chi connectivity index (χ3v) is 5.35. The molecule has 2 amide bonds. The Hall–Kier alpha value is -3.02. The van der Waals surface area contributed by atoms with E-state index in [9.17, 15) is 9.59 Å². The van der Waals surface area contributed by atoms with Gasteiger partial charge in [-0.3, -0.25) is 9.59 Å². The largest absolute Gasteiger partial charge is 0.497 e. The molecule has 0 saturated carbocycles. The van der Waals surface area contributed by atoms with E-state index in [0.29, 0.717) is 25.3 Å². The standard InChI is InChI=1S/C25H34N2O4/c1-6-15-26-25(29)22(7-2)27(16-20-11-13-21(30-5)14-12-20)24(28)17-31-23-10-8-9-18(3)19(23)4/h8-14,22H,6-7,15-17H2,1-5H3,(H,26,29). The van der Waals surface area contributed by atoms with E-state index in [-0.39, 0.29) is 18.4 Å². The van der Waals surface area contributed by atoms with Gasteiger partial charge in [0.1, 0.15) is 17.5 Å². The first-order valence-electron chi connectivity index (χ1n) is 10.8. The number of methoxy groups -OCH3 is 1. The van der Waals surface area contributed by atoms with Gasteiger partial charge in [0.2, 0.25) is 5.91 Å². The van der Waals surface area contributed by atoms with Gasteiger partial charge in [-0.2, -0.15) is 0 Å². The number of carbonyl (C=O) groups excluding carboxylic acids is 2. The van der Waals surface area contributed by atoms with Crippen molar-refractivity contribution in [2.45, 2.75) is 53.1 Å². The minimum absolute atomic E-state index is 0.127. The predicted molar refractivity (Wildman–Crippen MR) is 122 cm³/mol. The first kappa shape index (κ1) is 24.3. The molecule has 0 aliphatic rings. The quantitative estimate of drug-likeness (QED) is 0.589. The molecule has 1 unspecified atom stereocenters. The third-order valence-electron chi connectivity index (χ3n) is 5.35. The zero-order valence-corrected chi connectivity index (χ0v) is 19.2. The average molecular weight is 427 g/mol. The van der Waals surface area contributed by atoms with Crippen LogP contribution >= 0.6 is 0 Å². The highest BCUT2D eigenvalue weighted by molar-refractivity contribution is 5.88. The van der Waals surface area contributed by atoms with Crippen molar-refractivity contribution in [3.05, 3.63) is 59.2 Å². The van der Waals surface area contributed by atoms with E-state index in [4.69, 9.17) is 9.47 Å². The van der Waals surface area contributed by atoms with Crippen LogP contribution in [0.5, 0.6) is 11.5 Å². The summed E-state index contributed by atoms with van der Waals surface area (Å²) in [6, 6.07) is 12.7. The van der Waals surface area contributed by atoms with E-state index in [1.165, 1.54) is 0 Å². The van der Waals surface area contributed by atoms with Crippen molar-refractivity contribution in [3.8, 4) is 11.5 Å². The molecule has 0 aliphatic heterocycles. The molecule has 1 N–H and O–H groups in total. The Balaban J connectivity index is 2.22. The molecule has 0 fully saturated rings. The lowest BCUT2D eigenvalue weighted by molar-refractivity contribution is -0.143. The third kappa shape index (κ3) is 6.74. The van der Waals surface area contributed by atoms with Crippen molar-refractivity contribution in [2.75, 3.05) is 20.3 Å². The molecule has 2 aromatic rings. The van der Waals surface area contributed by atoms with E-state index in [2.05, 4.69) is 5.32 Å². The number of nitrogens with zero attached hydrogens (tertiary/aromatic N) is 1. The summed E-state index contributed by atoms with van der Waals surface area (Å²) in [5.41, 5.74) is 3.03. The van der Waals surface area contributed by atoms with Crippen LogP contribution in [-0.4, -0.2) is 43.0 Å². The van der Waals surface area contributed by atoms with Crippen LogP contribution in [0.2, 0.25) is 0 Å². The van der Waals surface area contributed by atoms with Gasteiger partial charge < -0.3 is 19.7 Å². The van der Waals surface area contributed by atoms with E-state index >= 15 is 0 Å². The average Bonchev–Trinajstić information content (AvgIpc) is 2.78. The minimum Gasteiger partial charge on any atom is -0.497 e. The van der Waals surface area contributed by atoms with Gasteiger partial charge in [0, 0.05) is 13.1 Å². The van der Waals surface area contributed by atoms with Crippen LogP contribution in [0.25, 0.3) is 0 Å². The van der Waals surface area contributed by atoms with Gasteiger partial charge >= 0.3 is 0 Å². The molecule has 0 aliphatic carbocycles. The summed E-state index contributed by atoms with van der Waals surface area (Å²) in [6.45, 7) is 8.66. The second-order valence-corrected chi connectivity index (χ2v) is 7.57. The number of amides is 2. The lowest BCUT2D eigenvalue weighted by atomic mass is 10.1. The van der Waals surface area contributed by atoms with Gasteiger partial charge in [0.05, 0.1) is 7.11 Å².